The molecule has 0 bridgehead atoms. The van der Waals surface area contributed by atoms with Crippen molar-refractivity contribution in [2.45, 2.75) is 68.0 Å². The second-order valence-corrected chi connectivity index (χ2v) is 10.6. The van der Waals surface area contributed by atoms with Gasteiger partial charge in [0.2, 0.25) is 5.91 Å². The fourth-order valence-electron chi connectivity index (χ4n) is 5.51. The van der Waals surface area contributed by atoms with Gasteiger partial charge in [0.05, 0.1) is 0 Å². The molecule has 2 fully saturated rings. The van der Waals surface area contributed by atoms with Crippen LogP contribution in [0.1, 0.15) is 49.3 Å². The largest absolute Gasteiger partial charge is 0.352 e. The Labute approximate surface area is 204 Å². The van der Waals surface area contributed by atoms with E-state index in [2.05, 4.69) is 10.6 Å². The zero-order valence-corrected chi connectivity index (χ0v) is 20.5. The molecule has 178 valence electrons. The minimum atomic E-state index is -1.07. The number of thioether (sulfide) groups is 1. The summed E-state index contributed by atoms with van der Waals surface area (Å²) in [6.45, 7) is 2.02. The second-order valence-electron chi connectivity index (χ2n) is 9.72. The van der Waals surface area contributed by atoms with Gasteiger partial charge in [-0.25, -0.2) is 9.69 Å². The van der Waals surface area contributed by atoms with Crippen LogP contribution in [0.25, 0.3) is 0 Å². The van der Waals surface area contributed by atoms with Crippen molar-refractivity contribution < 1.29 is 14.4 Å². The van der Waals surface area contributed by atoms with Crippen LogP contribution in [-0.2, 0) is 28.0 Å². The topological polar surface area (TPSA) is 78.5 Å². The third-order valence-corrected chi connectivity index (χ3v) is 8.54. The van der Waals surface area contributed by atoms with Crippen LogP contribution in [0.3, 0.4) is 0 Å². The summed E-state index contributed by atoms with van der Waals surface area (Å²) in [6.07, 6.45) is 6.93. The monoisotopic (exact) mass is 477 g/mol. The third kappa shape index (κ3) is 3.90. The van der Waals surface area contributed by atoms with Crippen LogP contribution in [0.5, 0.6) is 0 Å². The summed E-state index contributed by atoms with van der Waals surface area (Å²) >= 11 is 1.65. The Morgan fingerprint density at radius 3 is 2.59 bits per heavy atom. The number of urea groups is 1. The lowest BCUT2D eigenvalue weighted by atomic mass is 9.80. The number of amides is 4. The Bertz CT molecular complexity index is 1110. The zero-order chi connectivity index (χ0) is 23.9. The van der Waals surface area contributed by atoms with Crippen LogP contribution in [0.15, 0.2) is 53.4 Å². The molecule has 3 atom stereocenters. The van der Waals surface area contributed by atoms with Gasteiger partial charge in [-0.15, -0.1) is 11.8 Å². The number of hydrogen-bond acceptors (Lipinski definition) is 4. The van der Waals surface area contributed by atoms with Crippen LogP contribution in [0, 0.1) is 5.92 Å². The van der Waals surface area contributed by atoms with E-state index in [0.717, 1.165) is 40.8 Å². The lowest BCUT2D eigenvalue weighted by Gasteiger charge is -2.34. The first-order chi connectivity index (χ1) is 16.4. The first-order valence-electron chi connectivity index (χ1n) is 12.1. The van der Waals surface area contributed by atoms with E-state index in [1.54, 1.807) is 11.8 Å². The van der Waals surface area contributed by atoms with Crippen molar-refractivity contribution in [1.29, 1.82) is 0 Å². The number of imide groups is 1. The van der Waals surface area contributed by atoms with Crippen molar-refractivity contribution in [3.63, 3.8) is 0 Å². The van der Waals surface area contributed by atoms with Crippen molar-refractivity contribution in [1.82, 2.24) is 15.5 Å². The fourth-order valence-corrected chi connectivity index (χ4v) is 5.91. The van der Waals surface area contributed by atoms with Crippen LogP contribution in [0.4, 0.5) is 4.79 Å². The smallest absolute Gasteiger partial charge is 0.326 e. The van der Waals surface area contributed by atoms with Crippen molar-refractivity contribution in [2.75, 3.05) is 6.26 Å². The van der Waals surface area contributed by atoms with Gasteiger partial charge < -0.3 is 10.6 Å². The molecule has 1 aliphatic heterocycles. The van der Waals surface area contributed by atoms with Gasteiger partial charge in [0, 0.05) is 17.4 Å². The van der Waals surface area contributed by atoms with Crippen molar-refractivity contribution in [3.8, 4) is 0 Å². The van der Waals surface area contributed by atoms with Gasteiger partial charge in [-0.2, -0.15) is 0 Å². The molecule has 7 heteroatoms. The summed E-state index contributed by atoms with van der Waals surface area (Å²) in [5.41, 5.74) is 1.77. The minimum Gasteiger partial charge on any atom is -0.352 e. The predicted molar refractivity (Wildman–Crippen MR) is 132 cm³/mol. The Balaban J connectivity index is 1.45. The van der Waals surface area contributed by atoms with Gasteiger partial charge in [-0.05, 0) is 73.6 Å². The highest BCUT2D eigenvalue weighted by Crippen LogP contribution is 2.42. The summed E-state index contributed by atoms with van der Waals surface area (Å²) in [5, 5.41) is 6.10. The molecule has 2 unspecified atom stereocenters. The van der Waals surface area contributed by atoms with Crippen molar-refractivity contribution in [3.05, 3.63) is 65.2 Å². The van der Waals surface area contributed by atoms with Crippen LogP contribution in [0.2, 0.25) is 0 Å². The highest BCUT2D eigenvalue weighted by molar-refractivity contribution is 7.98. The van der Waals surface area contributed by atoms with E-state index in [-0.39, 0.29) is 24.3 Å². The lowest BCUT2D eigenvalue weighted by Crippen LogP contribution is -2.54. The number of nitrogens with zero attached hydrogens (tertiary/aromatic N) is 1. The van der Waals surface area contributed by atoms with Gasteiger partial charge in [0.15, 0.2) is 0 Å². The van der Waals surface area contributed by atoms with Crippen LogP contribution < -0.4 is 10.6 Å². The number of benzene rings is 2. The standard InChI is InChI=1S/C27H31N3O3S/c1-17(19-7-5-8-19)28-24(31)23(16-18-10-12-21(34-2)13-11-18)30-25(32)27(29-26(30)33)15-14-20-6-3-4-9-22(20)27/h3-4,6,9-13,17,19,23H,5,7-8,14-16H2,1-2H3,(H,28,31)(H,29,33)/t17-,23?,27?/m0/s1. The Morgan fingerprint density at radius 2 is 1.91 bits per heavy atom. The summed E-state index contributed by atoms with van der Waals surface area (Å²) < 4.78 is 0. The maximum atomic E-state index is 13.9. The fraction of sp³-hybridized carbons (Fsp3) is 0.444. The Morgan fingerprint density at radius 1 is 1.18 bits per heavy atom. The van der Waals surface area contributed by atoms with Crippen molar-refractivity contribution >= 4 is 29.6 Å². The maximum Gasteiger partial charge on any atom is 0.326 e. The Kier molecular flexibility index (Phi) is 6.15. The molecule has 6 nitrogen and oxygen atoms in total. The Hall–Kier alpha value is -2.80. The molecule has 1 heterocycles. The molecule has 1 spiro atoms. The number of hydrogen-bond donors (Lipinski definition) is 2. The first-order valence-corrected chi connectivity index (χ1v) is 13.3. The minimum absolute atomic E-state index is 0.0181. The molecule has 0 radical (unpaired) electrons. The van der Waals surface area contributed by atoms with E-state index in [0.29, 0.717) is 12.3 Å². The third-order valence-electron chi connectivity index (χ3n) is 7.80. The molecule has 2 aromatic rings. The molecule has 2 N–H and O–H groups in total. The molecule has 4 amide bonds. The maximum absolute atomic E-state index is 13.9. The predicted octanol–water partition coefficient (Wildman–Crippen LogP) is 4.02. The molecule has 2 aromatic carbocycles. The number of rotatable bonds is 7. The SMILES string of the molecule is CSc1ccc(CC(C(=O)N[C@@H](C)C2CCC2)N2C(=O)NC3(CCc4ccccc43)C2=O)cc1. The molecule has 0 aromatic heterocycles. The molecule has 5 rings (SSSR count). The van der Waals surface area contributed by atoms with E-state index in [1.807, 2.05) is 61.7 Å². The van der Waals surface area contributed by atoms with Gasteiger partial charge in [0.1, 0.15) is 11.6 Å². The molecule has 34 heavy (non-hydrogen) atoms. The van der Waals surface area contributed by atoms with E-state index >= 15 is 0 Å². The van der Waals surface area contributed by atoms with Gasteiger partial charge in [0.25, 0.3) is 5.91 Å². The summed E-state index contributed by atoms with van der Waals surface area (Å²) in [5.74, 6) is -0.124. The number of carbonyl (C=O) groups is 3. The molecule has 3 aliphatic rings. The van der Waals surface area contributed by atoms with E-state index in [4.69, 9.17) is 0 Å². The number of fused-ring (bicyclic) bond motifs is 2. The van der Waals surface area contributed by atoms with E-state index in [1.165, 1.54) is 11.3 Å². The highest BCUT2D eigenvalue weighted by Gasteiger charge is 2.57. The zero-order valence-electron chi connectivity index (χ0n) is 19.7. The van der Waals surface area contributed by atoms with E-state index < -0.39 is 17.6 Å². The van der Waals surface area contributed by atoms with Gasteiger partial charge in [-0.1, -0.05) is 42.8 Å². The number of carbonyl (C=O) groups excluding carboxylic acids is 3. The van der Waals surface area contributed by atoms with Gasteiger partial charge >= 0.3 is 6.03 Å². The summed E-state index contributed by atoms with van der Waals surface area (Å²) in [4.78, 5) is 43.1. The quantitative estimate of drug-likeness (QED) is 0.466. The summed E-state index contributed by atoms with van der Waals surface area (Å²) in [7, 11) is 0. The van der Waals surface area contributed by atoms with Crippen LogP contribution in [-0.4, -0.2) is 41.1 Å². The highest BCUT2D eigenvalue weighted by atomic mass is 32.2. The normalized spacial score (nSPS) is 23.4. The molecular formula is C27H31N3O3S. The molecule has 1 saturated heterocycles. The average Bonchev–Trinajstić information content (AvgIpc) is 3.28. The van der Waals surface area contributed by atoms with Crippen molar-refractivity contribution in [2.24, 2.45) is 5.92 Å². The summed E-state index contributed by atoms with van der Waals surface area (Å²) in [6, 6.07) is 14.4. The number of nitrogens with one attached hydrogen (secondary N) is 2. The first kappa shape index (κ1) is 23.0. The number of aryl methyl sites for hydroxylation is 1. The van der Waals surface area contributed by atoms with E-state index in [9.17, 15) is 14.4 Å². The van der Waals surface area contributed by atoms with Gasteiger partial charge in [-0.3, -0.25) is 9.59 Å². The molecule has 2 aliphatic carbocycles. The molecule has 1 saturated carbocycles. The molecular weight excluding hydrogens is 446 g/mol. The average molecular weight is 478 g/mol. The lowest BCUT2D eigenvalue weighted by molar-refractivity contribution is -0.139. The second kappa shape index (κ2) is 9.10. The van der Waals surface area contributed by atoms with Crippen LogP contribution >= 0.6 is 11.8 Å².